The van der Waals surface area contributed by atoms with Crippen LogP contribution in [0, 0.1) is 0 Å². The molecule has 0 saturated heterocycles. The Morgan fingerprint density at radius 2 is 2.22 bits per heavy atom. The van der Waals surface area contributed by atoms with Gasteiger partial charge >= 0.3 is 16.9 Å². The lowest BCUT2D eigenvalue weighted by Gasteiger charge is -1.91. The molecular formula is C2H6F3N2P2+. The van der Waals surface area contributed by atoms with E-state index in [1.165, 1.54) is 0 Å². The van der Waals surface area contributed by atoms with Crippen molar-refractivity contribution in [1.29, 1.82) is 0 Å². The van der Waals surface area contributed by atoms with Crippen LogP contribution in [0.3, 0.4) is 0 Å². The number of halogens is 3. The summed E-state index contributed by atoms with van der Waals surface area (Å²) in [5, 5.41) is 2.14. The lowest BCUT2D eigenvalue weighted by Crippen LogP contribution is -1.99. The minimum Gasteiger partial charge on any atom is -0.248 e. The largest absolute Gasteiger partial charge is 0.666 e. The highest BCUT2D eigenvalue weighted by atomic mass is 31.2. The van der Waals surface area contributed by atoms with E-state index in [1.54, 1.807) is 6.92 Å². The molecule has 54 valence electrons. The van der Waals surface area contributed by atoms with Crippen LogP contribution in [-0.4, -0.2) is 6.54 Å². The third-order valence-electron chi connectivity index (χ3n) is 0.435. The molecule has 9 heavy (non-hydrogen) atoms. The zero-order chi connectivity index (χ0) is 7.28. The van der Waals surface area contributed by atoms with Gasteiger partial charge in [0.15, 0.2) is 0 Å². The molecule has 0 bridgehead atoms. The van der Waals surface area contributed by atoms with E-state index >= 15 is 0 Å². The van der Waals surface area contributed by atoms with Gasteiger partial charge in [-0.3, -0.25) is 0 Å². The number of nitrogens with one attached hydrogen (secondary N) is 1. The summed E-state index contributed by atoms with van der Waals surface area (Å²) in [6.45, 7) is 1.96. The minimum absolute atomic E-state index is 0.328. The van der Waals surface area contributed by atoms with Gasteiger partial charge in [0.1, 0.15) is 0 Å². The molecule has 0 aliphatic carbocycles. The molecule has 0 aliphatic heterocycles. The molecule has 0 spiro atoms. The van der Waals surface area contributed by atoms with Crippen LogP contribution in [0.5, 0.6) is 0 Å². The predicted molar refractivity (Wildman–Crippen MR) is 33.3 cm³/mol. The summed E-state index contributed by atoms with van der Waals surface area (Å²) in [6.07, 6.45) is 0. The van der Waals surface area contributed by atoms with Crippen molar-refractivity contribution in [3.63, 3.8) is 0 Å². The topological polar surface area (TPSA) is 24.4 Å². The van der Waals surface area contributed by atoms with Crippen LogP contribution in [0.2, 0.25) is 0 Å². The first-order valence-electron chi connectivity index (χ1n) is 2.19. The Bertz CT molecular complexity index is 104. The molecule has 0 rings (SSSR count). The summed E-state index contributed by atoms with van der Waals surface area (Å²) < 4.78 is 36.9. The average Bonchev–Trinajstić information content (AvgIpc) is 1.63. The Labute approximate surface area is 53.5 Å². The van der Waals surface area contributed by atoms with Crippen molar-refractivity contribution >= 4 is 16.9 Å². The van der Waals surface area contributed by atoms with Gasteiger partial charge in [-0.2, -0.15) is 4.20 Å². The van der Waals surface area contributed by atoms with Crippen molar-refractivity contribution in [3.8, 4) is 0 Å². The van der Waals surface area contributed by atoms with Crippen LogP contribution >= 0.6 is 16.9 Å². The van der Waals surface area contributed by atoms with E-state index in [-0.39, 0.29) is 0 Å². The highest BCUT2D eigenvalue weighted by molar-refractivity contribution is 7.55. The van der Waals surface area contributed by atoms with Crippen molar-refractivity contribution in [2.24, 2.45) is 4.52 Å². The van der Waals surface area contributed by atoms with E-state index in [1.807, 2.05) is 0 Å². The standard InChI is InChI=1S/C2H6F3N2P2/c1-2-6-9(5)7-8(3)4/h2H2,1H3,(H,6,7)/q+1. The smallest absolute Gasteiger partial charge is 0.248 e. The van der Waals surface area contributed by atoms with Gasteiger partial charge in [-0.15, -0.1) is 0 Å². The molecule has 2 nitrogen and oxygen atoms in total. The molecule has 0 heterocycles. The van der Waals surface area contributed by atoms with Crippen LogP contribution in [0.1, 0.15) is 6.92 Å². The fraction of sp³-hybridized carbons (Fsp3) is 1.00. The average molecular weight is 177 g/mol. The molecule has 0 amide bonds. The fourth-order valence-electron chi connectivity index (χ4n) is 0.221. The third kappa shape index (κ3) is 6.16. The quantitative estimate of drug-likeness (QED) is 0.657. The van der Waals surface area contributed by atoms with Crippen molar-refractivity contribution < 1.29 is 12.6 Å². The van der Waals surface area contributed by atoms with Crippen LogP contribution < -0.4 is 5.09 Å². The highest BCUT2D eigenvalue weighted by Crippen LogP contribution is 2.44. The van der Waals surface area contributed by atoms with E-state index in [0.717, 1.165) is 0 Å². The second-order valence-corrected chi connectivity index (χ2v) is 3.06. The predicted octanol–water partition coefficient (Wildman–Crippen LogP) is 3.23. The molecule has 0 aliphatic rings. The number of hydrogen-bond acceptors (Lipinski definition) is 2. The summed E-state index contributed by atoms with van der Waals surface area (Å²) in [7, 11) is -5.90. The van der Waals surface area contributed by atoms with Crippen LogP contribution in [0.4, 0.5) is 12.6 Å². The maximum absolute atomic E-state index is 12.0. The van der Waals surface area contributed by atoms with Gasteiger partial charge < -0.3 is 0 Å². The maximum atomic E-state index is 12.0. The zero-order valence-electron chi connectivity index (χ0n) is 4.68. The van der Waals surface area contributed by atoms with Gasteiger partial charge in [-0.25, -0.2) is 5.09 Å². The molecule has 0 aromatic carbocycles. The third-order valence-corrected chi connectivity index (χ3v) is 2.18. The second-order valence-electron chi connectivity index (χ2n) is 1.08. The lowest BCUT2D eigenvalue weighted by molar-refractivity contribution is 0.760. The Morgan fingerprint density at radius 1 is 1.67 bits per heavy atom. The normalized spacial score (nSPS) is 12.9. The summed E-state index contributed by atoms with van der Waals surface area (Å²) in [5.74, 6) is 0. The molecule has 0 saturated carbocycles. The van der Waals surface area contributed by atoms with E-state index in [0.29, 0.717) is 6.54 Å². The van der Waals surface area contributed by atoms with Crippen molar-refractivity contribution in [3.05, 3.63) is 0 Å². The monoisotopic (exact) mass is 177 g/mol. The van der Waals surface area contributed by atoms with E-state index < -0.39 is 16.9 Å². The van der Waals surface area contributed by atoms with Gasteiger partial charge in [0.2, 0.25) is 0 Å². The van der Waals surface area contributed by atoms with Crippen LogP contribution in [0.15, 0.2) is 4.52 Å². The van der Waals surface area contributed by atoms with Gasteiger partial charge in [0, 0.05) is 11.1 Å². The first-order chi connectivity index (χ1) is 4.16. The summed E-state index contributed by atoms with van der Waals surface area (Å²) >= 11 is 0. The maximum Gasteiger partial charge on any atom is 0.666 e. The Morgan fingerprint density at radius 3 is 2.56 bits per heavy atom. The van der Waals surface area contributed by atoms with Crippen molar-refractivity contribution in [2.75, 3.05) is 6.54 Å². The molecule has 1 N–H and O–H groups in total. The Kier molecular flexibility index (Phi) is 5.25. The van der Waals surface area contributed by atoms with Crippen molar-refractivity contribution in [2.45, 2.75) is 6.92 Å². The number of nitrogens with zero attached hydrogens (tertiary/aromatic N) is 1. The van der Waals surface area contributed by atoms with Gasteiger partial charge in [-0.05, 0) is 0 Å². The highest BCUT2D eigenvalue weighted by Gasteiger charge is 2.16. The fourth-order valence-corrected chi connectivity index (χ4v) is 1.21. The first kappa shape index (κ1) is 9.28. The molecule has 0 radical (unpaired) electrons. The van der Waals surface area contributed by atoms with Gasteiger partial charge in [0.05, 0.1) is 8.39 Å². The number of hydrogen-bond donors (Lipinski definition) is 1. The van der Waals surface area contributed by atoms with Crippen LogP contribution in [0.25, 0.3) is 0 Å². The Hall–Kier alpha value is 0.280. The molecule has 1 atom stereocenters. The minimum atomic E-state index is -3.44. The van der Waals surface area contributed by atoms with Crippen molar-refractivity contribution in [1.82, 2.24) is 5.09 Å². The summed E-state index contributed by atoms with van der Waals surface area (Å²) in [6, 6.07) is 0. The number of rotatable bonds is 3. The first-order valence-corrected chi connectivity index (χ1v) is 4.45. The van der Waals surface area contributed by atoms with Gasteiger partial charge in [-0.1, -0.05) is 6.92 Å². The van der Waals surface area contributed by atoms with Crippen LogP contribution in [-0.2, 0) is 0 Å². The summed E-state index contributed by atoms with van der Waals surface area (Å²) in [5.41, 5.74) is 0. The molecular weight excluding hydrogens is 171 g/mol. The van der Waals surface area contributed by atoms with E-state index in [9.17, 15) is 12.6 Å². The Balaban J connectivity index is 3.49. The van der Waals surface area contributed by atoms with E-state index in [4.69, 9.17) is 0 Å². The SMILES string of the molecule is CCNP(F)N=[P+](F)F. The molecule has 0 fully saturated rings. The second kappa shape index (κ2) is 5.10. The summed E-state index contributed by atoms with van der Waals surface area (Å²) in [4.78, 5) is 0. The molecule has 0 aromatic heterocycles. The molecule has 1 unspecified atom stereocenters. The zero-order valence-corrected chi connectivity index (χ0v) is 6.47. The van der Waals surface area contributed by atoms with E-state index in [2.05, 4.69) is 9.60 Å². The van der Waals surface area contributed by atoms with Gasteiger partial charge in [0.25, 0.3) is 0 Å². The molecule has 0 aromatic rings. The lowest BCUT2D eigenvalue weighted by atomic mass is 10.8. The molecule has 7 heteroatoms.